The van der Waals surface area contributed by atoms with E-state index in [2.05, 4.69) is 15.3 Å². The molecule has 114 valence electrons. The minimum atomic E-state index is -0.383. The Bertz CT molecular complexity index is 447. The topological polar surface area (TPSA) is 85.5 Å². The summed E-state index contributed by atoms with van der Waals surface area (Å²) in [5, 5.41) is 18.4. The largest absolute Gasteiger partial charge is 0.383 e. The zero-order chi connectivity index (χ0) is 15.1. The summed E-state index contributed by atoms with van der Waals surface area (Å²) < 4.78 is 6.63. The van der Waals surface area contributed by atoms with Crippen molar-refractivity contribution in [3.05, 3.63) is 15.8 Å². The molecule has 8 heteroatoms. The lowest BCUT2D eigenvalue weighted by Crippen LogP contribution is -2.28. The Balaban J connectivity index is 2.65. The van der Waals surface area contributed by atoms with Crippen LogP contribution >= 0.6 is 0 Å². The van der Waals surface area contributed by atoms with Gasteiger partial charge in [-0.1, -0.05) is 0 Å². The predicted molar refractivity (Wildman–Crippen MR) is 77.2 cm³/mol. The highest BCUT2D eigenvalue weighted by Gasteiger charge is 2.24. The number of aromatic nitrogens is 2. The summed E-state index contributed by atoms with van der Waals surface area (Å²) >= 11 is 0. The maximum Gasteiger partial charge on any atom is 0.333 e. The van der Waals surface area contributed by atoms with Crippen LogP contribution < -0.4 is 5.32 Å². The van der Waals surface area contributed by atoms with Crippen molar-refractivity contribution in [3.63, 3.8) is 0 Å². The fourth-order valence-electron chi connectivity index (χ4n) is 1.92. The number of likely N-dealkylation sites (N-methyl/N-ethyl adjacent to an activating group) is 1. The third-order valence-corrected chi connectivity index (χ3v) is 3.04. The van der Waals surface area contributed by atoms with E-state index in [0.717, 1.165) is 13.1 Å². The fourth-order valence-corrected chi connectivity index (χ4v) is 1.92. The highest BCUT2D eigenvalue weighted by molar-refractivity contribution is 5.59. The number of ether oxygens (including phenoxy) is 1. The maximum atomic E-state index is 11.1. The Labute approximate surface area is 118 Å². The molecule has 1 aromatic heterocycles. The van der Waals surface area contributed by atoms with E-state index < -0.39 is 0 Å². The number of nitrogens with one attached hydrogen (secondary N) is 1. The second kappa shape index (κ2) is 7.81. The van der Waals surface area contributed by atoms with E-state index in [1.54, 1.807) is 18.7 Å². The van der Waals surface area contributed by atoms with Crippen LogP contribution in [0.15, 0.2) is 0 Å². The van der Waals surface area contributed by atoms with Crippen LogP contribution in [0.4, 0.5) is 11.5 Å². The molecule has 0 spiro atoms. The van der Waals surface area contributed by atoms with Crippen LogP contribution in [0, 0.1) is 17.0 Å². The predicted octanol–water partition coefficient (Wildman–Crippen LogP) is 1.11. The summed E-state index contributed by atoms with van der Waals surface area (Å²) in [4.78, 5) is 12.8. The fraction of sp³-hybridized carbons (Fsp3) is 0.750. The molecule has 1 N–H and O–H groups in total. The zero-order valence-electron chi connectivity index (χ0n) is 12.5. The second-order valence-corrected chi connectivity index (χ2v) is 4.58. The lowest BCUT2D eigenvalue weighted by atomic mass is 10.4. The third-order valence-electron chi connectivity index (χ3n) is 3.04. The lowest BCUT2D eigenvalue weighted by molar-refractivity contribution is -0.384. The van der Waals surface area contributed by atoms with Crippen molar-refractivity contribution in [2.75, 3.05) is 45.7 Å². The number of methoxy groups -OCH3 is 1. The molecule has 0 atom stereocenters. The number of nitro groups is 1. The number of anilines is 1. The van der Waals surface area contributed by atoms with E-state index in [9.17, 15) is 10.1 Å². The summed E-state index contributed by atoms with van der Waals surface area (Å²) in [7, 11) is 3.65. The average Bonchev–Trinajstić information content (AvgIpc) is 2.72. The van der Waals surface area contributed by atoms with E-state index in [1.807, 2.05) is 14.0 Å². The van der Waals surface area contributed by atoms with Gasteiger partial charge in [-0.3, -0.25) is 10.1 Å². The highest BCUT2D eigenvalue weighted by atomic mass is 16.6. The monoisotopic (exact) mass is 285 g/mol. The van der Waals surface area contributed by atoms with Gasteiger partial charge in [0.2, 0.25) is 5.82 Å². The second-order valence-electron chi connectivity index (χ2n) is 4.58. The lowest BCUT2D eigenvalue weighted by Gasteiger charge is -2.16. The molecule has 0 aliphatic heterocycles. The van der Waals surface area contributed by atoms with Crippen molar-refractivity contribution in [2.24, 2.45) is 0 Å². The molecule has 0 saturated heterocycles. The summed E-state index contributed by atoms with van der Waals surface area (Å²) in [6, 6.07) is 0. The minimum Gasteiger partial charge on any atom is -0.383 e. The first-order chi connectivity index (χ1) is 9.51. The molecule has 1 heterocycles. The average molecular weight is 285 g/mol. The molecule has 0 radical (unpaired) electrons. The summed E-state index contributed by atoms with van der Waals surface area (Å²) in [5.74, 6) is 0.482. The molecule has 0 amide bonds. The Hall–Kier alpha value is -1.67. The van der Waals surface area contributed by atoms with Crippen molar-refractivity contribution in [1.29, 1.82) is 0 Å². The molecule has 1 rings (SSSR count). The number of rotatable bonds is 9. The number of nitrogens with zero attached hydrogens (tertiary/aromatic N) is 4. The van der Waals surface area contributed by atoms with Gasteiger partial charge in [-0.25, -0.2) is 4.68 Å². The van der Waals surface area contributed by atoms with Gasteiger partial charge in [0, 0.05) is 33.3 Å². The van der Waals surface area contributed by atoms with Gasteiger partial charge in [-0.05, 0) is 20.9 Å². The summed E-state index contributed by atoms with van der Waals surface area (Å²) in [5.41, 5.74) is 0.499. The van der Waals surface area contributed by atoms with Crippen LogP contribution in [0.25, 0.3) is 0 Å². The quantitative estimate of drug-likeness (QED) is 0.540. The van der Waals surface area contributed by atoms with Crippen LogP contribution in [-0.2, 0) is 11.3 Å². The summed E-state index contributed by atoms with van der Waals surface area (Å²) in [6.45, 7) is 7.04. The van der Waals surface area contributed by atoms with Crippen LogP contribution in [0.3, 0.4) is 0 Å². The van der Waals surface area contributed by atoms with Gasteiger partial charge in [0.15, 0.2) is 0 Å². The molecule has 0 unspecified atom stereocenters. The molecular weight excluding hydrogens is 262 g/mol. The normalized spacial score (nSPS) is 11.1. The Morgan fingerprint density at radius 2 is 2.20 bits per heavy atom. The van der Waals surface area contributed by atoms with Crippen LogP contribution in [-0.4, -0.2) is 60.0 Å². The van der Waals surface area contributed by atoms with Crippen LogP contribution in [0.1, 0.15) is 12.6 Å². The molecule has 0 bridgehead atoms. The molecule has 1 aromatic rings. The first-order valence-electron chi connectivity index (χ1n) is 6.64. The van der Waals surface area contributed by atoms with Crippen molar-refractivity contribution in [1.82, 2.24) is 14.7 Å². The van der Waals surface area contributed by atoms with Crippen molar-refractivity contribution >= 4 is 11.5 Å². The van der Waals surface area contributed by atoms with Crippen LogP contribution in [0.2, 0.25) is 0 Å². The molecule has 0 fully saturated rings. The molecule has 0 aliphatic carbocycles. The van der Waals surface area contributed by atoms with Crippen LogP contribution in [0.5, 0.6) is 0 Å². The van der Waals surface area contributed by atoms with Crippen molar-refractivity contribution in [2.45, 2.75) is 20.4 Å². The van der Waals surface area contributed by atoms with Gasteiger partial charge in [0.1, 0.15) is 5.69 Å². The van der Waals surface area contributed by atoms with E-state index in [4.69, 9.17) is 4.74 Å². The van der Waals surface area contributed by atoms with Crippen molar-refractivity contribution < 1.29 is 9.66 Å². The standard InChI is InChI=1S/C12H23N5O3/c1-5-16-12(11(17(18)19)10(2)14-16)13-6-7-15(3)8-9-20-4/h13H,5-9H2,1-4H3. The van der Waals surface area contributed by atoms with E-state index in [-0.39, 0.29) is 10.6 Å². The third kappa shape index (κ3) is 4.17. The van der Waals surface area contributed by atoms with Crippen molar-refractivity contribution in [3.8, 4) is 0 Å². The Kier molecular flexibility index (Phi) is 6.40. The maximum absolute atomic E-state index is 11.1. The van der Waals surface area contributed by atoms with Gasteiger partial charge < -0.3 is 15.0 Å². The molecule has 0 aromatic carbocycles. The number of hydrogen-bond acceptors (Lipinski definition) is 6. The SMILES string of the molecule is CCn1nc(C)c([N+](=O)[O-])c1NCCN(C)CCOC. The smallest absolute Gasteiger partial charge is 0.333 e. The first-order valence-corrected chi connectivity index (χ1v) is 6.64. The summed E-state index contributed by atoms with van der Waals surface area (Å²) in [6.07, 6.45) is 0. The van der Waals surface area contributed by atoms with Gasteiger partial charge in [0.25, 0.3) is 0 Å². The van der Waals surface area contributed by atoms with Gasteiger partial charge in [-0.15, -0.1) is 0 Å². The Morgan fingerprint density at radius 3 is 2.75 bits per heavy atom. The molecule has 0 saturated carbocycles. The zero-order valence-corrected chi connectivity index (χ0v) is 12.5. The molecule has 0 aliphatic rings. The molecule has 8 nitrogen and oxygen atoms in total. The van der Waals surface area contributed by atoms with E-state index in [0.29, 0.717) is 31.2 Å². The minimum absolute atomic E-state index is 0.0615. The number of hydrogen-bond donors (Lipinski definition) is 1. The highest BCUT2D eigenvalue weighted by Crippen LogP contribution is 2.27. The van der Waals surface area contributed by atoms with E-state index in [1.165, 1.54) is 0 Å². The molecular formula is C12H23N5O3. The molecule has 20 heavy (non-hydrogen) atoms. The van der Waals surface area contributed by atoms with E-state index >= 15 is 0 Å². The van der Waals surface area contributed by atoms with Gasteiger partial charge in [0.05, 0.1) is 11.5 Å². The number of aryl methyl sites for hydroxylation is 2. The first kappa shape index (κ1) is 16.4. The van der Waals surface area contributed by atoms with Gasteiger partial charge >= 0.3 is 5.69 Å². The van der Waals surface area contributed by atoms with Gasteiger partial charge in [-0.2, -0.15) is 5.10 Å². The Morgan fingerprint density at radius 1 is 1.50 bits per heavy atom.